The molecule has 276 valence electrons. The Morgan fingerprint density at radius 1 is 0.808 bits per heavy atom. The lowest BCUT2D eigenvalue weighted by molar-refractivity contribution is -0.345. The quantitative estimate of drug-likeness (QED) is 0.0630. The number of aromatic hydroxyl groups is 4. The third-order valence-corrected chi connectivity index (χ3v) is 8.37. The third-order valence-electron chi connectivity index (χ3n) is 8.37. The minimum Gasteiger partial charge on any atom is -0.508 e. The van der Waals surface area contributed by atoms with Gasteiger partial charge in [-0.25, -0.2) is 4.79 Å². The fourth-order valence-corrected chi connectivity index (χ4v) is 5.55. The van der Waals surface area contributed by atoms with Crippen LogP contribution in [0.2, 0.25) is 0 Å². The van der Waals surface area contributed by atoms with Crippen molar-refractivity contribution in [2.24, 2.45) is 0 Å². The van der Waals surface area contributed by atoms with Crippen molar-refractivity contribution in [2.75, 3.05) is 13.2 Å². The Hall–Kier alpha value is -5.24. The van der Waals surface area contributed by atoms with E-state index in [9.17, 15) is 55.5 Å². The number of carbonyl (C=O) groups excluding carboxylic acids is 1. The maximum Gasteiger partial charge on any atom is 0.330 e. The van der Waals surface area contributed by atoms with Crippen molar-refractivity contribution in [3.8, 4) is 51.4 Å². The van der Waals surface area contributed by atoms with Crippen LogP contribution in [0.25, 0.3) is 28.7 Å². The normalized spacial score (nSPS) is 27.8. The van der Waals surface area contributed by atoms with Crippen molar-refractivity contribution in [3.05, 3.63) is 82.5 Å². The van der Waals surface area contributed by atoms with Crippen LogP contribution in [0.15, 0.2) is 76.0 Å². The zero-order chi connectivity index (χ0) is 37.3. The number of carbonyl (C=O) groups is 1. The number of phenols is 4. The average molecular weight is 727 g/mol. The van der Waals surface area contributed by atoms with E-state index in [1.807, 2.05) is 0 Å². The van der Waals surface area contributed by atoms with E-state index in [-0.39, 0.29) is 34.1 Å². The zero-order valence-corrected chi connectivity index (χ0v) is 26.8. The van der Waals surface area contributed by atoms with Gasteiger partial charge in [0.05, 0.1) is 12.2 Å². The van der Waals surface area contributed by atoms with Gasteiger partial charge >= 0.3 is 5.97 Å². The van der Waals surface area contributed by atoms with Crippen molar-refractivity contribution in [3.63, 3.8) is 0 Å². The number of aliphatic hydroxyl groups is 5. The molecule has 2 aromatic rings. The standard InChI is InChI=1S/C35H34O17/c36-17-5-1-15(2-6-17)3-8-27(42)47-14-26-29(44)30(45)33(52-34-31(46)28(43)23(41)13-48-34)35(51-26)50-25-12-19-21(39)10-18(37)11-24(19)49-32(25)16-4-7-20(38)22(40)9-16/h1-12,23,26,28-31,33-36,38-41,43-46H,13-14H2/t23-,26-,28+,29+,30+,31-,33-,34+,35-/m1/s1. The van der Waals surface area contributed by atoms with E-state index >= 15 is 0 Å². The van der Waals surface area contributed by atoms with Gasteiger partial charge in [0, 0.05) is 23.8 Å². The van der Waals surface area contributed by atoms with E-state index in [1.165, 1.54) is 30.3 Å². The molecule has 2 aromatic carbocycles. The summed E-state index contributed by atoms with van der Waals surface area (Å²) >= 11 is 0. The second kappa shape index (κ2) is 15.2. The molecule has 2 fully saturated rings. The number of hydrogen-bond donors (Lipinski definition) is 9. The highest BCUT2D eigenvalue weighted by molar-refractivity contribution is 5.87. The zero-order valence-electron chi connectivity index (χ0n) is 26.8. The Bertz CT molecular complexity index is 1940. The van der Waals surface area contributed by atoms with Crippen molar-refractivity contribution < 1.29 is 78.9 Å². The molecule has 0 saturated carbocycles. The molecule has 52 heavy (non-hydrogen) atoms. The molecule has 1 aliphatic carbocycles. The largest absolute Gasteiger partial charge is 0.508 e. The van der Waals surface area contributed by atoms with Crippen molar-refractivity contribution in [1.29, 1.82) is 0 Å². The monoisotopic (exact) mass is 726 g/mol. The van der Waals surface area contributed by atoms with E-state index < -0.39 is 97.2 Å². The number of rotatable bonds is 9. The molecule has 17 nitrogen and oxygen atoms in total. The summed E-state index contributed by atoms with van der Waals surface area (Å²) in [6.07, 6.45) is -13.0. The van der Waals surface area contributed by atoms with Crippen LogP contribution in [-0.4, -0.2) is 120 Å². The van der Waals surface area contributed by atoms with E-state index in [0.29, 0.717) is 5.56 Å². The molecule has 0 unspecified atom stereocenters. The highest BCUT2D eigenvalue weighted by Gasteiger charge is 2.50. The van der Waals surface area contributed by atoms with Crippen molar-refractivity contribution >= 4 is 12.0 Å². The number of fused-ring (bicyclic) bond motifs is 1. The lowest BCUT2D eigenvalue weighted by Gasteiger charge is -2.44. The highest BCUT2D eigenvalue weighted by atomic mass is 16.8. The number of benzene rings is 3. The second-order valence-corrected chi connectivity index (χ2v) is 12.0. The molecule has 3 aliphatic heterocycles. The number of hydrogen-bond acceptors (Lipinski definition) is 17. The van der Waals surface area contributed by atoms with Gasteiger partial charge in [-0.3, -0.25) is 4.79 Å². The molecule has 0 amide bonds. The molecule has 0 bridgehead atoms. The highest BCUT2D eigenvalue weighted by Crippen LogP contribution is 2.43. The molecule has 2 saturated heterocycles. The van der Waals surface area contributed by atoms with E-state index in [4.69, 9.17) is 28.1 Å². The summed E-state index contributed by atoms with van der Waals surface area (Å²) < 4.78 is 34.4. The van der Waals surface area contributed by atoms with Gasteiger partial charge < -0.3 is 74.1 Å². The van der Waals surface area contributed by atoms with Crippen LogP contribution in [0.4, 0.5) is 0 Å². The smallest absolute Gasteiger partial charge is 0.330 e. The summed E-state index contributed by atoms with van der Waals surface area (Å²) in [5, 5.41) is 93.2. The van der Waals surface area contributed by atoms with Crippen molar-refractivity contribution in [1.82, 2.24) is 0 Å². The SMILES string of the molecule is O=C(C=Cc1ccc(O)cc1)OC[C@H]1O[C@@H](Oc2cc3c(O)cc(=O)cc-3oc2-c2ccc(O)c(O)c2)[C@H](O[C@@H]2OC[C@@H](O)[C@H](O)[C@H]2O)[C@@H](O)[C@H]1O. The Morgan fingerprint density at radius 2 is 1.56 bits per heavy atom. The Labute approximate surface area is 293 Å². The summed E-state index contributed by atoms with van der Waals surface area (Å²) in [6.45, 7) is -1.11. The maximum atomic E-state index is 12.5. The topological polar surface area (TPSA) is 275 Å². The van der Waals surface area contributed by atoms with E-state index in [2.05, 4.69) is 0 Å². The maximum absolute atomic E-state index is 12.5. The third kappa shape index (κ3) is 7.81. The van der Waals surface area contributed by atoms with Gasteiger partial charge in [0.1, 0.15) is 60.5 Å². The van der Waals surface area contributed by atoms with Gasteiger partial charge in [-0.15, -0.1) is 0 Å². The number of phenolic OH excluding ortho intramolecular Hbond substituents is 4. The van der Waals surface area contributed by atoms with Crippen LogP contribution in [-0.2, 0) is 23.7 Å². The lowest BCUT2D eigenvalue weighted by atomic mass is 9.98. The minimum absolute atomic E-state index is 0.0238. The van der Waals surface area contributed by atoms with E-state index in [0.717, 1.165) is 30.3 Å². The first kappa shape index (κ1) is 36.5. The molecule has 0 radical (unpaired) electrons. The number of aliphatic hydroxyl groups excluding tert-OH is 5. The van der Waals surface area contributed by atoms with Gasteiger partial charge in [0.2, 0.25) is 6.29 Å². The molecule has 9 atom stereocenters. The molecule has 17 heteroatoms. The lowest BCUT2D eigenvalue weighted by Crippen LogP contribution is -2.64. The van der Waals surface area contributed by atoms with Gasteiger partial charge in [-0.05, 0) is 48.0 Å². The van der Waals surface area contributed by atoms with Crippen LogP contribution in [0.1, 0.15) is 5.56 Å². The first-order valence-electron chi connectivity index (χ1n) is 15.8. The van der Waals surface area contributed by atoms with Gasteiger partial charge in [-0.2, -0.15) is 0 Å². The fraction of sp³-hybridized carbons (Fsp3) is 0.314. The first-order chi connectivity index (χ1) is 24.8. The Kier molecular flexibility index (Phi) is 10.7. The van der Waals surface area contributed by atoms with Crippen LogP contribution < -0.4 is 10.2 Å². The molecular formula is C35H34O17. The van der Waals surface area contributed by atoms with E-state index in [1.54, 1.807) is 12.1 Å². The van der Waals surface area contributed by atoms with Gasteiger partial charge in [-0.1, -0.05) is 12.1 Å². The van der Waals surface area contributed by atoms with Gasteiger partial charge in [0.15, 0.2) is 40.8 Å². The molecule has 0 aromatic heterocycles. The Morgan fingerprint density at radius 3 is 2.29 bits per heavy atom. The molecule has 4 aliphatic rings. The predicted molar refractivity (Wildman–Crippen MR) is 174 cm³/mol. The van der Waals surface area contributed by atoms with Crippen LogP contribution in [0.5, 0.6) is 28.7 Å². The summed E-state index contributed by atoms with van der Waals surface area (Å²) in [5.74, 6) is -2.92. The molecule has 0 spiro atoms. The summed E-state index contributed by atoms with van der Waals surface area (Å²) in [4.78, 5) is 24.7. The Balaban J connectivity index is 1.33. The number of esters is 1. The number of ether oxygens (including phenoxy) is 5. The van der Waals surface area contributed by atoms with Gasteiger partial charge in [0.25, 0.3) is 0 Å². The predicted octanol–water partition coefficient (Wildman–Crippen LogP) is 0.140. The molecule has 3 heterocycles. The molecule has 6 rings (SSSR count). The summed E-state index contributed by atoms with van der Waals surface area (Å²) in [6, 6.07) is 12.7. The van der Waals surface area contributed by atoms with Crippen LogP contribution in [0, 0.1) is 0 Å². The molecular weight excluding hydrogens is 692 g/mol. The average Bonchev–Trinajstić information content (AvgIpc) is 3.11. The molecule has 9 N–H and O–H groups in total. The first-order valence-corrected chi connectivity index (χ1v) is 15.8. The van der Waals surface area contributed by atoms with Crippen LogP contribution >= 0.6 is 0 Å². The second-order valence-electron chi connectivity index (χ2n) is 12.0. The summed E-state index contributed by atoms with van der Waals surface area (Å²) in [7, 11) is 0. The fourth-order valence-electron chi connectivity index (χ4n) is 5.55. The minimum atomic E-state index is -1.91. The van der Waals surface area contributed by atoms with Crippen molar-refractivity contribution in [2.45, 2.75) is 55.3 Å². The van der Waals surface area contributed by atoms with Crippen LogP contribution in [0.3, 0.4) is 0 Å². The summed E-state index contributed by atoms with van der Waals surface area (Å²) in [5.41, 5.74) is 0.0281.